The largest absolute Gasteiger partial charge is 0.310 e. The van der Waals surface area contributed by atoms with Gasteiger partial charge in [0.1, 0.15) is 0 Å². The summed E-state index contributed by atoms with van der Waals surface area (Å²) < 4.78 is 0. The van der Waals surface area contributed by atoms with Crippen molar-refractivity contribution in [3.05, 3.63) is 316 Å². The molecule has 10 aromatic rings. The lowest BCUT2D eigenvalue weighted by molar-refractivity contribution is 0.731. The first-order valence-electron chi connectivity index (χ1n) is 22.9. The summed E-state index contributed by atoms with van der Waals surface area (Å²) >= 11 is 0. The molecule has 0 amide bonds. The summed E-state index contributed by atoms with van der Waals surface area (Å²) in [6.07, 6.45) is 0. The number of nitriles is 1. The Bertz CT molecular complexity index is 3190. The van der Waals surface area contributed by atoms with E-state index in [-0.39, 0.29) is 0 Å². The summed E-state index contributed by atoms with van der Waals surface area (Å²) in [5.41, 5.74) is 16.3. The van der Waals surface area contributed by atoms with Gasteiger partial charge in [-0.05, 0) is 110 Å². The van der Waals surface area contributed by atoms with Gasteiger partial charge in [-0.15, -0.1) is 0 Å². The van der Waals surface area contributed by atoms with E-state index < -0.39 is 10.8 Å². The van der Waals surface area contributed by atoms with Gasteiger partial charge in [-0.25, -0.2) is 4.85 Å². The maximum atomic E-state index is 10.9. The molecule has 0 aromatic heterocycles. The third-order valence-corrected chi connectivity index (χ3v) is 14.1. The highest BCUT2D eigenvalue weighted by Crippen LogP contribution is 2.60. The quantitative estimate of drug-likeness (QED) is 0.150. The van der Waals surface area contributed by atoms with E-state index in [2.05, 4.69) is 251 Å². The highest BCUT2D eigenvalue weighted by Gasteiger charge is 2.48. The number of nitrogens with zero attached hydrogens (tertiary/aromatic N) is 4. The van der Waals surface area contributed by atoms with Crippen molar-refractivity contribution in [2.45, 2.75) is 10.8 Å². The van der Waals surface area contributed by atoms with E-state index in [1.165, 1.54) is 22.3 Å². The Morgan fingerprint density at radius 1 is 0.353 bits per heavy atom. The Kier molecular flexibility index (Phi) is 9.68. The Morgan fingerprint density at radius 2 is 0.662 bits per heavy atom. The lowest BCUT2D eigenvalue weighted by Gasteiger charge is -2.46. The Morgan fingerprint density at radius 3 is 1.00 bits per heavy atom. The van der Waals surface area contributed by atoms with Gasteiger partial charge in [0.15, 0.2) is 5.69 Å². The van der Waals surface area contributed by atoms with Gasteiger partial charge in [-0.2, -0.15) is 5.26 Å². The van der Waals surface area contributed by atoms with Gasteiger partial charge in [0, 0.05) is 11.4 Å². The molecule has 12 rings (SSSR count). The maximum Gasteiger partial charge on any atom is 0.195 e. The Hall–Kier alpha value is -9.22. The van der Waals surface area contributed by atoms with Crippen LogP contribution in [0.3, 0.4) is 0 Å². The van der Waals surface area contributed by atoms with E-state index in [1.54, 1.807) is 0 Å². The summed E-state index contributed by atoms with van der Waals surface area (Å²) in [5.74, 6) is 0. The third-order valence-electron chi connectivity index (χ3n) is 14.1. The second-order valence-corrected chi connectivity index (χ2v) is 17.4. The van der Waals surface area contributed by atoms with Gasteiger partial charge in [0.2, 0.25) is 0 Å². The number of rotatable bonds is 7. The fraction of sp³-hybridized carbons (Fsp3) is 0.0312. The van der Waals surface area contributed by atoms with Crippen molar-refractivity contribution in [3.63, 3.8) is 0 Å². The average molecular weight is 867 g/mol. The van der Waals surface area contributed by atoms with Crippen molar-refractivity contribution in [2.24, 2.45) is 0 Å². The standard InChI is InChI=1S/C64H42N4/c1-66-58-41-40-51(68-61-36-20-16-32-56(61)64(48-26-10-4-11-27-48,49-28-12-5-13-29-49)57-33-17-21-37-62(57)68)43-53(58)52-42-50(39-38-45(52)44-65)67-59-34-18-14-30-54(59)63(46-22-6-2-7-23-46,47-24-8-3-9-25-47)55-31-15-19-35-60(55)67/h2-43H. The topological polar surface area (TPSA) is 34.6 Å². The number of fused-ring (bicyclic) bond motifs is 4. The zero-order valence-electron chi connectivity index (χ0n) is 37.0. The molecule has 4 heteroatoms. The van der Waals surface area contributed by atoms with Crippen LogP contribution < -0.4 is 9.80 Å². The van der Waals surface area contributed by atoms with Crippen LogP contribution in [0.5, 0.6) is 0 Å². The van der Waals surface area contributed by atoms with Gasteiger partial charge in [0.05, 0.1) is 51.8 Å². The van der Waals surface area contributed by atoms with Crippen LogP contribution in [0.25, 0.3) is 16.0 Å². The molecule has 0 N–H and O–H groups in total. The van der Waals surface area contributed by atoms with Gasteiger partial charge in [0.25, 0.3) is 0 Å². The average Bonchev–Trinajstić information content (AvgIpc) is 3.42. The second kappa shape index (κ2) is 16.3. The molecule has 0 fully saturated rings. The molecule has 10 aromatic carbocycles. The molecular formula is C64H42N4. The fourth-order valence-corrected chi connectivity index (χ4v) is 11.3. The molecule has 0 unspecified atom stereocenters. The normalized spacial score (nSPS) is 13.7. The van der Waals surface area contributed by atoms with Gasteiger partial charge < -0.3 is 9.80 Å². The van der Waals surface area contributed by atoms with Gasteiger partial charge in [-0.1, -0.05) is 200 Å². The minimum Gasteiger partial charge on any atom is -0.310 e. The molecule has 0 radical (unpaired) electrons. The number of hydrogen-bond donors (Lipinski definition) is 0. The first-order valence-corrected chi connectivity index (χ1v) is 22.9. The van der Waals surface area contributed by atoms with Crippen molar-refractivity contribution in [1.29, 1.82) is 5.26 Å². The van der Waals surface area contributed by atoms with E-state index >= 15 is 0 Å². The van der Waals surface area contributed by atoms with Crippen LogP contribution in [0.2, 0.25) is 0 Å². The minimum absolute atomic E-state index is 0.468. The van der Waals surface area contributed by atoms with Crippen LogP contribution in [0.15, 0.2) is 255 Å². The van der Waals surface area contributed by atoms with Crippen molar-refractivity contribution in [1.82, 2.24) is 0 Å². The minimum atomic E-state index is -0.618. The number of hydrogen-bond acceptors (Lipinski definition) is 3. The van der Waals surface area contributed by atoms with Crippen molar-refractivity contribution in [3.8, 4) is 17.2 Å². The third kappa shape index (κ3) is 5.92. The monoisotopic (exact) mass is 866 g/mol. The molecule has 0 spiro atoms. The Balaban J connectivity index is 1.06. The SMILES string of the molecule is [C-]#[N+]c1ccc(N2c3ccccc3C(c3ccccc3)(c3ccccc3)c3ccccc32)cc1-c1cc(N2c3ccccc3C(c3ccccc3)(c3ccccc3)c3ccccc32)ccc1C#N. The molecule has 2 aliphatic rings. The summed E-state index contributed by atoms with van der Waals surface area (Å²) in [4.78, 5) is 8.76. The van der Waals surface area contributed by atoms with E-state index in [9.17, 15) is 5.26 Å². The molecule has 0 saturated heterocycles. The number of anilines is 6. The Labute approximate surface area is 397 Å². The van der Waals surface area contributed by atoms with E-state index in [4.69, 9.17) is 6.57 Å². The number of benzene rings is 10. The molecule has 2 heterocycles. The lowest BCUT2D eigenvalue weighted by atomic mass is 9.62. The van der Waals surface area contributed by atoms with Crippen LogP contribution in [-0.4, -0.2) is 0 Å². The van der Waals surface area contributed by atoms with Crippen molar-refractivity contribution in [2.75, 3.05) is 9.80 Å². The predicted octanol–water partition coefficient (Wildman–Crippen LogP) is 16.1. The lowest BCUT2D eigenvalue weighted by Crippen LogP contribution is -2.37. The molecule has 0 aliphatic carbocycles. The first-order chi connectivity index (χ1) is 33.7. The molecule has 0 bridgehead atoms. The molecule has 4 nitrogen and oxygen atoms in total. The van der Waals surface area contributed by atoms with Crippen LogP contribution in [0, 0.1) is 17.9 Å². The fourth-order valence-electron chi connectivity index (χ4n) is 11.3. The zero-order valence-corrected chi connectivity index (χ0v) is 37.0. The van der Waals surface area contributed by atoms with E-state index in [1.807, 2.05) is 24.3 Å². The molecule has 68 heavy (non-hydrogen) atoms. The molecule has 0 saturated carbocycles. The molecule has 318 valence electrons. The van der Waals surface area contributed by atoms with Crippen LogP contribution in [-0.2, 0) is 10.8 Å². The van der Waals surface area contributed by atoms with Crippen LogP contribution in [0.4, 0.5) is 39.8 Å². The molecule has 0 atom stereocenters. The van der Waals surface area contributed by atoms with Crippen LogP contribution >= 0.6 is 0 Å². The van der Waals surface area contributed by atoms with Crippen molar-refractivity contribution < 1.29 is 0 Å². The van der Waals surface area contributed by atoms with Gasteiger partial charge in [-0.3, -0.25) is 0 Å². The van der Waals surface area contributed by atoms with Crippen molar-refractivity contribution >= 4 is 39.8 Å². The smallest absolute Gasteiger partial charge is 0.195 e. The van der Waals surface area contributed by atoms with Gasteiger partial charge >= 0.3 is 0 Å². The summed E-state index contributed by atoms with van der Waals surface area (Å²) in [6, 6.07) is 92.5. The zero-order chi connectivity index (χ0) is 45.7. The summed E-state index contributed by atoms with van der Waals surface area (Å²) in [7, 11) is 0. The summed E-state index contributed by atoms with van der Waals surface area (Å²) in [6.45, 7) is 8.52. The second-order valence-electron chi connectivity index (χ2n) is 17.4. The highest BCUT2D eigenvalue weighted by atomic mass is 15.2. The summed E-state index contributed by atoms with van der Waals surface area (Å²) in [5, 5.41) is 10.9. The molecular weight excluding hydrogens is 825 g/mol. The molecule has 2 aliphatic heterocycles. The van der Waals surface area contributed by atoms with E-state index in [0.717, 1.165) is 56.4 Å². The predicted molar refractivity (Wildman–Crippen MR) is 276 cm³/mol. The first kappa shape index (κ1) is 40.3. The van der Waals surface area contributed by atoms with Crippen LogP contribution in [0.1, 0.15) is 50.1 Å². The highest BCUT2D eigenvalue weighted by molar-refractivity contribution is 5.95. The van der Waals surface area contributed by atoms with E-state index in [0.29, 0.717) is 22.4 Å². The number of para-hydroxylation sites is 4. The maximum absolute atomic E-state index is 10.9.